The van der Waals surface area contributed by atoms with Crippen LogP contribution in [0.4, 0.5) is 0 Å². The zero-order chi connectivity index (χ0) is 11.3. The Bertz CT molecular complexity index is 254. The largest absolute Gasteiger partial charge is 0.293 e. The van der Waals surface area contributed by atoms with Gasteiger partial charge in [-0.15, -0.1) is 0 Å². The molecular formula is C13H23N. The Morgan fingerprint density at radius 2 is 1.64 bits per heavy atom. The number of hydrogen-bond acceptors (Lipinski definition) is 1. The second kappa shape index (κ2) is 5.79. The van der Waals surface area contributed by atoms with Crippen molar-refractivity contribution in [3.8, 4) is 0 Å². The summed E-state index contributed by atoms with van der Waals surface area (Å²) in [5.41, 5.74) is 3.60. The van der Waals surface area contributed by atoms with Crippen molar-refractivity contribution >= 4 is 5.71 Å². The third-order valence-electron chi connectivity index (χ3n) is 2.27. The first kappa shape index (κ1) is 13.2. The van der Waals surface area contributed by atoms with Gasteiger partial charge in [0, 0.05) is 12.8 Å². The van der Waals surface area contributed by atoms with Gasteiger partial charge in [0.1, 0.15) is 0 Å². The minimum absolute atomic E-state index is 0.480. The van der Waals surface area contributed by atoms with Gasteiger partial charge in [0.15, 0.2) is 0 Å². The van der Waals surface area contributed by atoms with Gasteiger partial charge in [-0.2, -0.15) is 0 Å². The number of allylic oxidation sites excluding steroid dienone is 3. The summed E-state index contributed by atoms with van der Waals surface area (Å²) in [7, 11) is 1.85. The van der Waals surface area contributed by atoms with Gasteiger partial charge in [0.2, 0.25) is 0 Å². The van der Waals surface area contributed by atoms with Gasteiger partial charge in [0.05, 0.1) is 0 Å². The number of aliphatic imine (C=N–C) groups is 1. The Balaban J connectivity index is 4.99. The monoisotopic (exact) mass is 193 g/mol. The van der Waals surface area contributed by atoms with E-state index in [1.807, 2.05) is 7.05 Å². The van der Waals surface area contributed by atoms with Gasteiger partial charge < -0.3 is 0 Å². The summed E-state index contributed by atoms with van der Waals surface area (Å²) in [4.78, 5) is 4.29. The molecule has 14 heavy (non-hydrogen) atoms. The molecule has 0 unspecified atom stereocenters. The lowest BCUT2D eigenvalue weighted by Gasteiger charge is -2.13. The van der Waals surface area contributed by atoms with Gasteiger partial charge in [0.25, 0.3) is 0 Å². The molecule has 0 bridgehead atoms. The van der Waals surface area contributed by atoms with E-state index in [0.717, 1.165) is 11.3 Å². The fraction of sp³-hybridized carbons (Fsp3) is 0.615. The summed E-state index contributed by atoms with van der Waals surface area (Å²) in [5, 5.41) is 0. The Hall–Kier alpha value is -0.850. The van der Waals surface area contributed by atoms with Gasteiger partial charge in [-0.1, -0.05) is 39.8 Å². The minimum Gasteiger partial charge on any atom is -0.293 e. The Morgan fingerprint density at radius 3 is 1.86 bits per heavy atom. The molecule has 0 heterocycles. The van der Waals surface area contributed by atoms with Crippen molar-refractivity contribution in [2.24, 2.45) is 16.8 Å². The van der Waals surface area contributed by atoms with Crippen molar-refractivity contribution in [3.05, 3.63) is 23.8 Å². The molecule has 0 saturated heterocycles. The molecule has 0 atom stereocenters. The molecule has 0 aliphatic carbocycles. The van der Waals surface area contributed by atoms with E-state index in [-0.39, 0.29) is 0 Å². The predicted octanol–water partition coefficient (Wildman–Crippen LogP) is 3.87. The number of hydrogen-bond donors (Lipinski definition) is 0. The lowest BCUT2D eigenvalue weighted by atomic mass is 9.93. The van der Waals surface area contributed by atoms with Crippen molar-refractivity contribution in [2.45, 2.75) is 34.6 Å². The lowest BCUT2D eigenvalue weighted by Crippen LogP contribution is -2.07. The van der Waals surface area contributed by atoms with Crippen LogP contribution >= 0.6 is 0 Å². The summed E-state index contributed by atoms with van der Waals surface area (Å²) in [6.07, 6.45) is 2.18. The normalized spacial score (nSPS) is 14.0. The van der Waals surface area contributed by atoms with E-state index in [1.165, 1.54) is 5.57 Å². The molecule has 80 valence electrons. The molecular weight excluding hydrogens is 170 g/mol. The van der Waals surface area contributed by atoms with Gasteiger partial charge in [-0.05, 0) is 30.4 Å². The SMILES string of the molecule is C=C(C)/C(=C\C(=NC)C(C)C)C(C)C. The molecule has 0 aliphatic heterocycles. The first-order valence-electron chi connectivity index (χ1n) is 5.24. The second-order valence-corrected chi connectivity index (χ2v) is 4.34. The zero-order valence-electron chi connectivity index (χ0n) is 10.4. The van der Waals surface area contributed by atoms with E-state index in [0.29, 0.717) is 11.8 Å². The molecule has 0 aromatic rings. The topological polar surface area (TPSA) is 12.4 Å². The van der Waals surface area contributed by atoms with Crippen LogP contribution in [-0.4, -0.2) is 12.8 Å². The Labute approximate surface area is 88.6 Å². The molecule has 0 amide bonds. The van der Waals surface area contributed by atoms with E-state index < -0.39 is 0 Å². The molecule has 0 fully saturated rings. The number of nitrogens with zero attached hydrogens (tertiary/aromatic N) is 1. The van der Waals surface area contributed by atoms with Crippen LogP contribution in [0.1, 0.15) is 34.6 Å². The third-order valence-corrected chi connectivity index (χ3v) is 2.27. The van der Waals surface area contributed by atoms with Gasteiger partial charge in [-0.3, -0.25) is 4.99 Å². The van der Waals surface area contributed by atoms with E-state index in [4.69, 9.17) is 0 Å². The predicted molar refractivity (Wildman–Crippen MR) is 65.9 cm³/mol. The van der Waals surface area contributed by atoms with Crippen LogP contribution < -0.4 is 0 Å². The second-order valence-electron chi connectivity index (χ2n) is 4.34. The van der Waals surface area contributed by atoms with Crippen molar-refractivity contribution in [2.75, 3.05) is 7.05 Å². The van der Waals surface area contributed by atoms with Crippen LogP contribution in [0.25, 0.3) is 0 Å². The molecule has 0 aliphatic rings. The highest BCUT2D eigenvalue weighted by Gasteiger charge is 2.07. The maximum atomic E-state index is 4.29. The maximum absolute atomic E-state index is 4.29. The van der Waals surface area contributed by atoms with Gasteiger partial charge in [-0.25, -0.2) is 0 Å². The van der Waals surface area contributed by atoms with Crippen LogP contribution in [0.2, 0.25) is 0 Å². The summed E-state index contributed by atoms with van der Waals surface area (Å²) in [5.74, 6) is 0.996. The van der Waals surface area contributed by atoms with Crippen LogP contribution in [-0.2, 0) is 0 Å². The lowest BCUT2D eigenvalue weighted by molar-refractivity contribution is 0.777. The highest BCUT2D eigenvalue weighted by molar-refractivity contribution is 5.97. The maximum Gasteiger partial charge on any atom is 0.0373 e. The van der Waals surface area contributed by atoms with Gasteiger partial charge >= 0.3 is 0 Å². The molecule has 0 aromatic heterocycles. The standard InChI is InChI=1S/C13H23N/c1-9(2)12(10(3)4)8-13(14-7)11(5)6/h8,10-11H,1H2,2-7H3/b12-8+,14-13?. The molecule has 0 spiro atoms. The van der Waals surface area contributed by atoms with Crippen molar-refractivity contribution in [3.63, 3.8) is 0 Å². The smallest absolute Gasteiger partial charge is 0.0373 e. The Morgan fingerprint density at radius 1 is 1.14 bits per heavy atom. The quantitative estimate of drug-likeness (QED) is 0.475. The molecule has 0 N–H and O–H groups in total. The van der Waals surface area contributed by atoms with Crippen molar-refractivity contribution < 1.29 is 0 Å². The average molecular weight is 193 g/mol. The fourth-order valence-corrected chi connectivity index (χ4v) is 1.43. The summed E-state index contributed by atoms with van der Waals surface area (Å²) in [6, 6.07) is 0. The summed E-state index contributed by atoms with van der Waals surface area (Å²) >= 11 is 0. The van der Waals surface area contributed by atoms with Crippen molar-refractivity contribution in [1.82, 2.24) is 0 Å². The molecule has 1 nitrogen and oxygen atoms in total. The highest BCUT2D eigenvalue weighted by Crippen LogP contribution is 2.18. The summed E-state index contributed by atoms with van der Waals surface area (Å²) in [6.45, 7) is 14.8. The zero-order valence-corrected chi connectivity index (χ0v) is 10.4. The molecule has 0 rings (SSSR count). The third kappa shape index (κ3) is 3.91. The highest BCUT2D eigenvalue weighted by atomic mass is 14.7. The van der Waals surface area contributed by atoms with Crippen LogP contribution in [0.15, 0.2) is 28.8 Å². The Kier molecular flexibility index (Phi) is 5.44. The first-order valence-corrected chi connectivity index (χ1v) is 5.24. The van der Waals surface area contributed by atoms with Crippen LogP contribution in [0.3, 0.4) is 0 Å². The van der Waals surface area contributed by atoms with Crippen molar-refractivity contribution in [1.29, 1.82) is 0 Å². The molecule has 1 heteroatoms. The van der Waals surface area contributed by atoms with E-state index in [9.17, 15) is 0 Å². The van der Waals surface area contributed by atoms with Crippen LogP contribution in [0, 0.1) is 11.8 Å². The fourth-order valence-electron chi connectivity index (χ4n) is 1.43. The molecule has 0 saturated carbocycles. The average Bonchev–Trinajstić information content (AvgIpc) is 2.03. The summed E-state index contributed by atoms with van der Waals surface area (Å²) < 4.78 is 0. The molecule has 0 radical (unpaired) electrons. The van der Waals surface area contributed by atoms with Crippen LogP contribution in [0.5, 0.6) is 0 Å². The van der Waals surface area contributed by atoms with E-state index in [1.54, 1.807) is 0 Å². The molecule has 0 aromatic carbocycles. The van der Waals surface area contributed by atoms with E-state index in [2.05, 4.69) is 52.3 Å². The first-order chi connectivity index (χ1) is 6.40. The van der Waals surface area contributed by atoms with E-state index >= 15 is 0 Å². The number of rotatable bonds is 4. The minimum atomic E-state index is 0.480.